The van der Waals surface area contributed by atoms with Gasteiger partial charge >= 0.3 is 0 Å². The summed E-state index contributed by atoms with van der Waals surface area (Å²) in [5, 5.41) is 11.0. The first-order chi connectivity index (χ1) is 12.2. The molecule has 0 radical (unpaired) electrons. The van der Waals surface area contributed by atoms with Crippen molar-refractivity contribution < 1.29 is 13.9 Å². The number of benzene rings is 1. The van der Waals surface area contributed by atoms with Crippen LogP contribution in [0.1, 0.15) is 6.92 Å². The van der Waals surface area contributed by atoms with Gasteiger partial charge in [0.15, 0.2) is 0 Å². The molecule has 3 rings (SSSR count). The molecule has 3 aromatic rings. The van der Waals surface area contributed by atoms with E-state index < -0.39 is 0 Å². The molecule has 1 amide bonds. The average Bonchev–Trinajstić information content (AvgIpc) is 3.12. The molecule has 2 heterocycles. The maximum atomic E-state index is 12.0. The van der Waals surface area contributed by atoms with Gasteiger partial charge in [-0.1, -0.05) is 11.8 Å². The van der Waals surface area contributed by atoms with Crippen molar-refractivity contribution in [3.8, 4) is 17.2 Å². The molecule has 0 aliphatic heterocycles. The second-order valence-electron chi connectivity index (χ2n) is 4.90. The van der Waals surface area contributed by atoms with E-state index in [0.29, 0.717) is 23.4 Å². The fourth-order valence-electron chi connectivity index (χ4n) is 2.00. The zero-order chi connectivity index (χ0) is 17.5. The lowest BCUT2D eigenvalue weighted by Crippen LogP contribution is -2.13. The van der Waals surface area contributed by atoms with Crippen molar-refractivity contribution >= 4 is 23.4 Å². The van der Waals surface area contributed by atoms with Gasteiger partial charge in [-0.15, -0.1) is 10.2 Å². The summed E-state index contributed by atoms with van der Waals surface area (Å²) in [5.41, 5.74) is 1.49. The Bertz CT molecular complexity index is 821. The van der Waals surface area contributed by atoms with Crippen LogP contribution in [0, 0.1) is 0 Å². The third kappa shape index (κ3) is 4.80. The van der Waals surface area contributed by atoms with Crippen molar-refractivity contribution in [3.63, 3.8) is 0 Å². The SMILES string of the molecule is CCOc1ccc(NC(=O)CSc2nnc(-c3ccncc3)o2)cc1. The molecule has 8 heteroatoms. The van der Waals surface area contributed by atoms with E-state index in [1.807, 2.05) is 19.1 Å². The monoisotopic (exact) mass is 356 g/mol. The summed E-state index contributed by atoms with van der Waals surface area (Å²) in [6.07, 6.45) is 3.30. The first-order valence-corrected chi connectivity index (χ1v) is 8.62. The molecule has 0 saturated carbocycles. The molecular weight excluding hydrogens is 340 g/mol. The van der Waals surface area contributed by atoms with Crippen LogP contribution >= 0.6 is 11.8 Å². The van der Waals surface area contributed by atoms with Crippen molar-refractivity contribution in [2.75, 3.05) is 17.7 Å². The van der Waals surface area contributed by atoms with E-state index in [1.165, 1.54) is 11.8 Å². The molecule has 1 aromatic carbocycles. The number of pyridine rings is 1. The van der Waals surface area contributed by atoms with Crippen LogP contribution in [0.2, 0.25) is 0 Å². The van der Waals surface area contributed by atoms with Crippen molar-refractivity contribution in [2.45, 2.75) is 12.1 Å². The summed E-state index contributed by atoms with van der Waals surface area (Å²) in [6.45, 7) is 2.53. The zero-order valence-electron chi connectivity index (χ0n) is 13.5. The number of aromatic nitrogens is 3. The fraction of sp³-hybridized carbons (Fsp3) is 0.176. The highest BCUT2D eigenvalue weighted by atomic mass is 32.2. The standard InChI is InChI=1S/C17H16N4O3S/c1-2-23-14-5-3-13(4-6-14)19-15(22)11-25-17-21-20-16(24-17)12-7-9-18-10-8-12/h3-10H,2,11H2,1H3,(H,19,22). The van der Waals surface area contributed by atoms with E-state index in [1.54, 1.807) is 36.7 Å². The minimum Gasteiger partial charge on any atom is -0.494 e. The molecule has 128 valence electrons. The smallest absolute Gasteiger partial charge is 0.277 e. The number of amides is 1. The van der Waals surface area contributed by atoms with Crippen LogP contribution < -0.4 is 10.1 Å². The number of carbonyl (C=O) groups is 1. The Morgan fingerprint density at radius 2 is 1.92 bits per heavy atom. The quantitative estimate of drug-likeness (QED) is 0.650. The van der Waals surface area contributed by atoms with Crippen molar-refractivity contribution in [1.29, 1.82) is 0 Å². The highest BCUT2D eigenvalue weighted by Crippen LogP contribution is 2.23. The van der Waals surface area contributed by atoms with Gasteiger partial charge < -0.3 is 14.5 Å². The highest BCUT2D eigenvalue weighted by molar-refractivity contribution is 7.99. The van der Waals surface area contributed by atoms with Gasteiger partial charge in [-0.25, -0.2) is 0 Å². The van der Waals surface area contributed by atoms with Crippen LogP contribution in [0.25, 0.3) is 11.5 Å². The Labute approximate surface area is 148 Å². The van der Waals surface area contributed by atoms with Gasteiger partial charge in [0.25, 0.3) is 5.22 Å². The van der Waals surface area contributed by atoms with E-state index in [-0.39, 0.29) is 11.7 Å². The number of hydrogen-bond acceptors (Lipinski definition) is 7. The predicted molar refractivity (Wildman–Crippen MR) is 94.5 cm³/mol. The number of ether oxygens (including phenoxy) is 1. The van der Waals surface area contributed by atoms with Crippen LogP contribution in [0.15, 0.2) is 58.4 Å². The van der Waals surface area contributed by atoms with E-state index in [2.05, 4.69) is 20.5 Å². The molecule has 0 aliphatic carbocycles. The maximum absolute atomic E-state index is 12.0. The molecule has 0 saturated heterocycles. The largest absolute Gasteiger partial charge is 0.494 e. The van der Waals surface area contributed by atoms with Crippen molar-refractivity contribution in [1.82, 2.24) is 15.2 Å². The second-order valence-corrected chi connectivity index (χ2v) is 5.83. The minimum atomic E-state index is -0.155. The van der Waals surface area contributed by atoms with Crippen LogP contribution in [0.3, 0.4) is 0 Å². The molecule has 0 atom stereocenters. The van der Waals surface area contributed by atoms with E-state index in [0.717, 1.165) is 11.3 Å². The van der Waals surface area contributed by atoms with Gasteiger partial charge in [0.2, 0.25) is 11.8 Å². The molecule has 0 aliphatic rings. The molecule has 25 heavy (non-hydrogen) atoms. The summed E-state index contributed by atoms with van der Waals surface area (Å²) in [5.74, 6) is 1.18. The topological polar surface area (TPSA) is 90.1 Å². The Kier molecular flexibility index (Phi) is 5.63. The highest BCUT2D eigenvalue weighted by Gasteiger charge is 2.11. The van der Waals surface area contributed by atoms with Gasteiger partial charge in [-0.05, 0) is 43.3 Å². The predicted octanol–water partition coefficient (Wildman–Crippen LogP) is 3.26. The third-order valence-electron chi connectivity index (χ3n) is 3.11. The molecule has 0 fully saturated rings. The number of rotatable bonds is 7. The van der Waals surface area contributed by atoms with Gasteiger partial charge in [0.1, 0.15) is 5.75 Å². The number of nitrogens with one attached hydrogen (secondary N) is 1. The summed E-state index contributed by atoms with van der Waals surface area (Å²) in [6, 6.07) is 10.8. The first-order valence-electron chi connectivity index (χ1n) is 7.64. The lowest BCUT2D eigenvalue weighted by Gasteiger charge is -2.06. The molecular formula is C17H16N4O3S. The Balaban J connectivity index is 1.51. The molecule has 0 spiro atoms. The summed E-state index contributed by atoms with van der Waals surface area (Å²) in [4.78, 5) is 15.9. The lowest BCUT2D eigenvalue weighted by molar-refractivity contribution is -0.113. The normalized spacial score (nSPS) is 10.4. The number of thioether (sulfide) groups is 1. The summed E-state index contributed by atoms with van der Waals surface area (Å²) < 4.78 is 10.9. The van der Waals surface area contributed by atoms with Crippen LogP contribution in [-0.4, -0.2) is 33.4 Å². The Morgan fingerprint density at radius 1 is 1.16 bits per heavy atom. The van der Waals surface area contributed by atoms with E-state index in [9.17, 15) is 4.79 Å². The zero-order valence-corrected chi connectivity index (χ0v) is 14.3. The van der Waals surface area contributed by atoms with Crippen LogP contribution in [0.4, 0.5) is 5.69 Å². The maximum Gasteiger partial charge on any atom is 0.277 e. The minimum absolute atomic E-state index is 0.155. The fourth-order valence-corrected chi connectivity index (χ4v) is 2.57. The van der Waals surface area contributed by atoms with Gasteiger partial charge in [-0.2, -0.15) is 0 Å². The summed E-state index contributed by atoms with van der Waals surface area (Å²) in [7, 11) is 0. The lowest BCUT2D eigenvalue weighted by atomic mass is 10.3. The van der Waals surface area contributed by atoms with Crippen LogP contribution in [0.5, 0.6) is 5.75 Å². The van der Waals surface area contributed by atoms with Crippen LogP contribution in [-0.2, 0) is 4.79 Å². The van der Waals surface area contributed by atoms with Gasteiger partial charge in [-0.3, -0.25) is 9.78 Å². The van der Waals surface area contributed by atoms with Gasteiger partial charge in [0, 0.05) is 23.6 Å². The number of hydrogen-bond donors (Lipinski definition) is 1. The molecule has 7 nitrogen and oxygen atoms in total. The first kappa shape index (κ1) is 17.0. The number of nitrogens with zero attached hydrogens (tertiary/aromatic N) is 3. The van der Waals surface area contributed by atoms with Gasteiger partial charge in [0.05, 0.1) is 12.4 Å². The molecule has 0 bridgehead atoms. The second kappa shape index (κ2) is 8.29. The summed E-state index contributed by atoms with van der Waals surface area (Å²) >= 11 is 1.18. The molecule has 2 aromatic heterocycles. The third-order valence-corrected chi connectivity index (χ3v) is 3.93. The number of carbonyl (C=O) groups excluding carboxylic acids is 1. The van der Waals surface area contributed by atoms with Crippen molar-refractivity contribution in [3.05, 3.63) is 48.8 Å². The number of anilines is 1. The Morgan fingerprint density at radius 3 is 2.64 bits per heavy atom. The van der Waals surface area contributed by atoms with E-state index >= 15 is 0 Å². The Hall–Kier alpha value is -2.87. The molecule has 1 N–H and O–H groups in total. The van der Waals surface area contributed by atoms with Crippen molar-refractivity contribution in [2.24, 2.45) is 0 Å². The molecule has 0 unspecified atom stereocenters. The van der Waals surface area contributed by atoms with E-state index in [4.69, 9.17) is 9.15 Å². The average molecular weight is 356 g/mol.